The zero-order chi connectivity index (χ0) is 4.99. The van der Waals surface area contributed by atoms with Crippen molar-refractivity contribution in [3.05, 3.63) is 0 Å². The number of nitrogens with two attached hydrogens (primary N) is 2. The quantitative estimate of drug-likeness (QED) is 0.536. The fraction of sp³-hybridized carbons (Fsp3) is 1.00. The first-order chi connectivity index (χ1) is 2.77. The number of halogens is 1. The Hall–Kier alpha value is 1.32. The molecule has 4 heteroatoms. The molecule has 4 radical (unpaired) electrons. The summed E-state index contributed by atoms with van der Waals surface area (Å²) in [7, 11) is 0. The van der Waals surface area contributed by atoms with E-state index in [4.69, 9.17) is 11.5 Å². The zero-order valence-electron chi connectivity index (χ0n) is 5.05. The normalized spacial score (nSPS) is 7.50. The fourth-order valence-electron chi connectivity index (χ4n) is 0.333. The molecule has 0 saturated carbocycles. The smallest absolute Gasteiger partial charge is 0.0520 e. The Balaban J connectivity index is -0.000000125. The molecule has 0 amide bonds. The summed E-state index contributed by atoms with van der Waals surface area (Å²) < 4.78 is 0. The van der Waals surface area contributed by atoms with E-state index < -0.39 is 0 Å². The average Bonchev–Trinajstić information content (AvgIpc) is 1.35. The summed E-state index contributed by atoms with van der Waals surface area (Å²) in [6.07, 6.45) is 1.91. The Morgan fingerprint density at radius 1 is 1.38 bits per heavy atom. The van der Waals surface area contributed by atoms with Crippen molar-refractivity contribution in [3.63, 3.8) is 0 Å². The van der Waals surface area contributed by atoms with E-state index >= 15 is 0 Å². The second-order valence-electron chi connectivity index (χ2n) is 1.45. The van der Waals surface area contributed by atoms with E-state index in [9.17, 15) is 0 Å². The summed E-state index contributed by atoms with van der Waals surface area (Å²) in [6, 6.07) is 0. The minimum atomic E-state index is -0.102. The van der Waals surface area contributed by atoms with Crippen molar-refractivity contribution in [1.82, 2.24) is 0 Å². The molecule has 0 aliphatic carbocycles. The molecule has 0 heterocycles. The first-order valence-corrected chi connectivity index (χ1v) is 2.28. The average molecular weight is 376 g/mol. The van der Waals surface area contributed by atoms with E-state index in [1.807, 2.05) is 0 Å². The van der Waals surface area contributed by atoms with Crippen LogP contribution in [0.4, 0.5) is 0 Å². The predicted molar refractivity (Wildman–Crippen MR) is 43.1 cm³/mol. The Labute approximate surface area is 81.3 Å². The van der Waals surface area contributed by atoms with Crippen molar-refractivity contribution in [2.45, 2.75) is 25.9 Å². The van der Waals surface area contributed by atoms with Gasteiger partial charge in [0.05, 0.1) is 6.17 Å². The van der Waals surface area contributed by atoms with Gasteiger partial charge in [-0.15, -0.1) is 17.0 Å². The molecule has 0 aliphatic heterocycles. The van der Waals surface area contributed by atoms with Crippen LogP contribution < -0.4 is 11.5 Å². The van der Waals surface area contributed by atoms with Crippen molar-refractivity contribution in [3.8, 4) is 0 Å². The summed E-state index contributed by atoms with van der Waals surface area (Å²) in [5, 5.41) is 0. The Bertz CT molecular complexity index is 35.2. The summed E-state index contributed by atoms with van der Waals surface area (Å²) in [5.41, 5.74) is 10.4. The largest absolute Gasteiger partial charge is 0.316 e. The van der Waals surface area contributed by atoms with Crippen molar-refractivity contribution in [2.24, 2.45) is 11.5 Å². The summed E-state index contributed by atoms with van der Waals surface area (Å²) in [6.45, 7) is 2.06. The van der Waals surface area contributed by atoms with Crippen molar-refractivity contribution < 1.29 is 0 Å². The van der Waals surface area contributed by atoms with Gasteiger partial charge in [-0.25, -0.2) is 0 Å². The van der Waals surface area contributed by atoms with Crippen LogP contribution in [-0.2, 0) is 0 Å². The molecule has 8 heavy (non-hydrogen) atoms. The van der Waals surface area contributed by atoms with Crippen LogP contribution in [0.1, 0.15) is 19.8 Å². The SMILES string of the molecule is Br.CCCC(N)N.[Pb]. The van der Waals surface area contributed by atoms with Crippen LogP contribution in [0.25, 0.3) is 0 Å². The molecule has 2 nitrogen and oxygen atoms in total. The van der Waals surface area contributed by atoms with Crippen LogP contribution in [0.15, 0.2) is 0 Å². The predicted octanol–water partition coefficient (Wildman–Crippen LogP) is 0.227. The maximum atomic E-state index is 5.18. The molecule has 0 aromatic carbocycles. The van der Waals surface area contributed by atoms with Gasteiger partial charge in [0, 0.05) is 27.3 Å². The molecular weight excluding hydrogens is 363 g/mol. The van der Waals surface area contributed by atoms with Crippen LogP contribution in [0.3, 0.4) is 0 Å². The van der Waals surface area contributed by atoms with Gasteiger partial charge in [0.25, 0.3) is 0 Å². The third-order valence-electron chi connectivity index (χ3n) is 0.622. The van der Waals surface area contributed by atoms with Crippen LogP contribution in [-0.4, -0.2) is 33.5 Å². The molecule has 50 valence electrons. The third-order valence-corrected chi connectivity index (χ3v) is 0.622. The van der Waals surface area contributed by atoms with Gasteiger partial charge in [0.2, 0.25) is 0 Å². The van der Waals surface area contributed by atoms with E-state index in [2.05, 4.69) is 6.92 Å². The van der Waals surface area contributed by atoms with Gasteiger partial charge in [-0.3, -0.25) is 0 Å². The topological polar surface area (TPSA) is 52.0 Å². The second kappa shape index (κ2) is 11.2. The van der Waals surface area contributed by atoms with Crippen molar-refractivity contribution in [1.29, 1.82) is 0 Å². The Kier molecular flexibility index (Phi) is 22.5. The first-order valence-electron chi connectivity index (χ1n) is 2.28. The van der Waals surface area contributed by atoms with Crippen molar-refractivity contribution >= 4 is 44.3 Å². The molecule has 0 aliphatic rings. The van der Waals surface area contributed by atoms with Gasteiger partial charge >= 0.3 is 0 Å². The van der Waals surface area contributed by atoms with E-state index in [0.717, 1.165) is 12.8 Å². The molecule has 4 N–H and O–H groups in total. The van der Waals surface area contributed by atoms with Gasteiger partial charge in [0.1, 0.15) is 0 Å². The van der Waals surface area contributed by atoms with E-state index in [-0.39, 0.29) is 50.4 Å². The summed E-state index contributed by atoms with van der Waals surface area (Å²) in [5.74, 6) is 0. The maximum Gasteiger partial charge on any atom is 0.0520 e. The van der Waals surface area contributed by atoms with E-state index in [1.54, 1.807) is 0 Å². The molecule has 0 saturated heterocycles. The molecule has 0 spiro atoms. The van der Waals surface area contributed by atoms with E-state index in [0.29, 0.717) is 0 Å². The van der Waals surface area contributed by atoms with Crippen LogP contribution in [0, 0.1) is 0 Å². The van der Waals surface area contributed by atoms with Gasteiger partial charge in [-0.05, 0) is 6.42 Å². The van der Waals surface area contributed by atoms with Crippen LogP contribution in [0.2, 0.25) is 0 Å². The molecular formula is C4H13BrN2Pb. The second-order valence-corrected chi connectivity index (χ2v) is 1.45. The summed E-state index contributed by atoms with van der Waals surface area (Å²) >= 11 is 0. The van der Waals surface area contributed by atoms with Gasteiger partial charge in [0.15, 0.2) is 0 Å². The van der Waals surface area contributed by atoms with Crippen LogP contribution >= 0.6 is 17.0 Å². The number of rotatable bonds is 2. The fourth-order valence-corrected chi connectivity index (χ4v) is 0.333. The van der Waals surface area contributed by atoms with Gasteiger partial charge < -0.3 is 11.5 Å². The Morgan fingerprint density at radius 3 is 1.75 bits per heavy atom. The molecule has 0 rings (SSSR count). The van der Waals surface area contributed by atoms with Crippen LogP contribution in [0.5, 0.6) is 0 Å². The van der Waals surface area contributed by atoms with Crippen molar-refractivity contribution in [2.75, 3.05) is 0 Å². The first kappa shape index (κ1) is 16.2. The molecule has 0 unspecified atom stereocenters. The summed E-state index contributed by atoms with van der Waals surface area (Å²) in [4.78, 5) is 0. The maximum absolute atomic E-state index is 5.18. The monoisotopic (exact) mass is 376 g/mol. The molecule has 0 fully saturated rings. The van der Waals surface area contributed by atoms with Gasteiger partial charge in [-0.1, -0.05) is 13.3 Å². The van der Waals surface area contributed by atoms with E-state index in [1.165, 1.54) is 0 Å². The molecule has 0 aromatic heterocycles. The zero-order valence-corrected chi connectivity index (χ0v) is 10.7. The third kappa shape index (κ3) is 15.7. The van der Waals surface area contributed by atoms with Gasteiger partial charge in [-0.2, -0.15) is 0 Å². The minimum absolute atomic E-state index is 0. The molecule has 0 bridgehead atoms. The Morgan fingerprint density at radius 2 is 1.75 bits per heavy atom. The molecule has 0 aromatic rings. The number of hydrogen-bond acceptors (Lipinski definition) is 2. The minimum Gasteiger partial charge on any atom is -0.316 e. The standard InChI is InChI=1S/C4H12N2.BrH.Pb/c1-2-3-4(5)6;;/h4H,2-3,5-6H2,1H3;1H;. The molecule has 0 atom stereocenters. The number of hydrogen-bond donors (Lipinski definition) is 2.